The largest absolute Gasteiger partial charge is 0.378 e. The molecule has 4 heterocycles. The summed E-state index contributed by atoms with van der Waals surface area (Å²) in [6.07, 6.45) is 3.17. The third-order valence-corrected chi connectivity index (χ3v) is 3.47. The second kappa shape index (κ2) is 4.27. The molecule has 1 aliphatic rings. The molecule has 0 bridgehead atoms. The first kappa shape index (κ1) is 11.4. The number of H-pyrrole nitrogens is 1. The van der Waals surface area contributed by atoms with Gasteiger partial charge in [-0.2, -0.15) is 0 Å². The van der Waals surface area contributed by atoms with E-state index in [1.165, 1.54) is 10.7 Å². The number of aromatic nitrogens is 5. The van der Waals surface area contributed by atoms with E-state index in [0.29, 0.717) is 29.9 Å². The maximum absolute atomic E-state index is 11.9. The van der Waals surface area contributed by atoms with E-state index in [1.54, 1.807) is 6.20 Å². The van der Waals surface area contributed by atoms with E-state index in [0.717, 1.165) is 18.8 Å². The molecule has 1 aliphatic heterocycles. The van der Waals surface area contributed by atoms with Crippen molar-refractivity contribution in [3.8, 4) is 0 Å². The van der Waals surface area contributed by atoms with E-state index < -0.39 is 0 Å². The number of ether oxygens (including phenoxy) is 1. The summed E-state index contributed by atoms with van der Waals surface area (Å²) in [4.78, 5) is 21.3. The van der Waals surface area contributed by atoms with Crippen LogP contribution in [0.4, 0.5) is 5.69 Å². The Morgan fingerprint density at radius 1 is 1.30 bits per heavy atom. The van der Waals surface area contributed by atoms with Gasteiger partial charge in [-0.05, 0) is 6.07 Å². The van der Waals surface area contributed by atoms with Gasteiger partial charge in [-0.1, -0.05) is 0 Å². The second-order valence-electron chi connectivity index (χ2n) is 4.64. The summed E-state index contributed by atoms with van der Waals surface area (Å²) in [5.41, 5.74) is 2.48. The molecule has 0 radical (unpaired) electrons. The van der Waals surface area contributed by atoms with Crippen LogP contribution < -0.4 is 10.6 Å². The summed E-state index contributed by atoms with van der Waals surface area (Å²) in [7, 11) is 0. The number of fused-ring (bicyclic) bond motifs is 3. The van der Waals surface area contributed by atoms with Crippen molar-refractivity contribution < 1.29 is 4.74 Å². The average Bonchev–Trinajstić information content (AvgIpc) is 2.98. The molecule has 3 aromatic heterocycles. The molecular formula is C12H12N6O2. The Bertz CT molecular complexity index is 833. The van der Waals surface area contributed by atoms with Gasteiger partial charge in [0.05, 0.1) is 30.6 Å². The summed E-state index contributed by atoms with van der Waals surface area (Å²) in [6.45, 7) is 3.06. The van der Waals surface area contributed by atoms with E-state index in [-0.39, 0.29) is 5.69 Å². The number of nitrogens with zero attached hydrogens (tertiary/aromatic N) is 5. The highest BCUT2D eigenvalue weighted by molar-refractivity contribution is 5.88. The van der Waals surface area contributed by atoms with E-state index in [4.69, 9.17) is 4.74 Å². The molecule has 1 fully saturated rings. The van der Waals surface area contributed by atoms with Crippen LogP contribution in [0.15, 0.2) is 23.4 Å². The number of nitrogens with one attached hydrogen (secondary N) is 1. The van der Waals surface area contributed by atoms with Gasteiger partial charge >= 0.3 is 5.69 Å². The summed E-state index contributed by atoms with van der Waals surface area (Å²) >= 11 is 0. The second-order valence-corrected chi connectivity index (χ2v) is 4.64. The lowest BCUT2D eigenvalue weighted by Gasteiger charge is -2.28. The first-order valence-electron chi connectivity index (χ1n) is 6.37. The number of morpholine rings is 1. The Morgan fingerprint density at radius 2 is 2.15 bits per heavy atom. The first-order chi connectivity index (χ1) is 9.83. The summed E-state index contributed by atoms with van der Waals surface area (Å²) < 4.78 is 6.68. The van der Waals surface area contributed by atoms with Crippen LogP contribution >= 0.6 is 0 Å². The fourth-order valence-electron chi connectivity index (χ4n) is 2.44. The number of anilines is 1. The van der Waals surface area contributed by atoms with Gasteiger partial charge < -0.3 is 14.6 Å². The van der Waals surface area contributed by atoms with E-state index >= 15 is 0 Å². The van der Waals surface area contributed by atoms with Crippen LogP contribution in [0.1, 0.15) is 0 Å². The minimum absolute atomic E-state index is 0.265. The van der Waals surface area contributed by atoms with Gasteiger partial charge in [0.25, 0.3) is 0 Å². The molecule has 4 rings (SSSR count). The van der Waals surface area contributed by atoms with E-state index in [2.05, 4.69) is 25.1 Å². The van der Waals surface area contributed by atoms with Crippen molar-refractivity contribution in [3.05, 3.63) is 29.1 Å². The lowest BCUT2D eigenvalue weighted by molar-refractivity contribution is 0.122. The third kappa shape index (κ3) is 1.65. The molecule has 1 N–H and O–H groups in total. The molecule has 0 amide bonds. The minimum Gasteiger partial charge on any atom is -0.378 e. The zero-order chi connectivity index (χ0) is 13.5. The van der Waals surface area contributed by atoms with E-state index in [9.17, 15) is 4.79 Å². The number of aromatic amines is 1. The molecule has 0 saturated carbocycles. The molecule has 0 unspecified atom stereocenters. The SMILES string of the molecule is O=c1[nH]c2cc(N3CCOCC3)cnc2c2nncn12. The lowest BCUT2D eigenvalue weighted by Crippen LogP contribution is -2.36. The topological polar surface area (TPSA) is 88.4 Å². The lowest BCUT2D eigenvalue weighted by atomic mass is 10.3. The van der Waals surface area contributed by atoms with Crippen molar-refractivity contribution in [2.75, 3.05) is 31.2 Å². The van der Waals surface area contributed by atoms with Crippen LogP contribution in [0.2, 0.25) is 0 Å². The van der Waals surface area contributed by atoms with Gasteiger partial charge in [0.2, 0.25) is 0 Å². The Morgan fingerprint density at radius 3 is 3.00 bits per heavy atom. The minimum atomic E-state index is -0.265. The van der Waals surface area contributed by atoms with Crippen molar-refractivity contribution >= 4 is 22.4 Å². The molecular weight excluding hydrogens is 260 g/mol. The molecule has 8 nitrogen and oxygen atoms in total. The van der Waals surface area contributed by atoms with Gasteiger partial charge in [-0.3, -0.25) is 0 Å². The van der Waals surface area contributed by atoms with Gasteiger partial charge in [0, 0.05) is 13.1 Å². The van der Waals surface area contributed by atoms with E-state index in [1.807, 2.05) is 6.07 Å². The Hall–Kier alpha value is -2.48. The quantitative estimate of drug-likeness (QED) is 0.660. The highest BCUT2D eigenvalue weighted by Gasteiger charge is 2.14. The highest BCUT2D eigenvalue weighted by atomic mass is 16.5. The molecule has 3 aromatic rings. The van der Waals surface area contributed by atoms with Gasteiger partial charge in [-0.25, -0.2) is 14.2 Å². The smallest absolute Gasteiger partial charge is 0.333 e. The van der Waals surface area contributed by atoms with Gasteiger partial charge in [0.1, 0.15) is 11.8 Å². The number of hydrogen-bond donors (Lipinski definition) is 1. The molecule has 0 aliphatic carbocycles. The van der Waals surface area contributed by atoms with Crippen molar-refractivity contribution in [3.63, 3.8) is 0 Å². The van der Waals surface area contributed by atoms with Gasteiger partial charge in [0.15, 0.2) is 5.65 Å². The zero-order valence-corrected chi connectivity index (χ0v) is 10.6. The number of rotatable bonds is 1. The van der Waals surface area contributed by atoms with Crippen LogP contribution in [0.25, 0.3) is 16.7 Å². The predicted octanol–water partition coefficient (Wildman–Crippen LogP) is -0.198. The first-order valence-corrected chi connectivity index (χ1v) is 6.37. The standard InChI is InChI=1S/C12H12N6O2/c19-12-15-9-5-8(17-1-3-20-4-2-17)6-13-10(9)11-16-14-7-18(11)12/h5-7H,1-4H2,(H,15,19). The van der Waals surface area contributed by atoms with Crippen molar-refractivity contribution in [1.82, 2.24) is 24.6 Å². The summed E-state index contributed by atoms with van der Waals surface area (Å²) in [6, 6.07) is 1.92. The maximum atomic E-state index is 11.9. The Labute approximate surface area is 113 Å². The fraction of sp³-hybridized carbons (Fsp3) is 0.333. The summed E-state index contributed by atoms with van der Waals surface area (Å²) in [5.74, 6) is 0. The highest BCUT2D eigenvalue weighted by Crippen LogP contribution is 2.20. The fourth-order valence-corrected chi connectivity index (χ4v) is 2.44. The number of pyridine rings is 1. The molecule has 8 heteroatoms. The van der Waals surface area contributed by atoms with Gasteiger partial charge in [-0.15, -0.1) is 10.2 Å². The monoisotopic (exact) mass is 272 g/mol. The molecule has 0 spiro atoms. The predicted molar refractivity (Wildman–Crippen MR) is 71.9 cm³/mol. The molecule has 20 heavy (non-hydrogen) atoms. The molecule has 102 valence electrons. The van der Waals surface area contributed by atoms with Crippen molar-refractivity contribution in [2.24, 2.45) is 0 Å². The Kier molecular flexibility index (Phi) is 2.43. The van der Waals surface area contributed by atoms with Crippen molar-refractivity contribution in [1.29, 1.82) is 0 Å². The normalized spacial score (nSPS) is 16.1. The van der Waals surface area contributed by atoms with Crippen LogP contribution in [0, 0.1) is 0 Å². The molecule has 1 saturated heterocycles. The third-order valence-electron chi connectivity index (χ3n) is 3.47. The maximum Gasteiger partial charge on any atom is 0.333 e. The molecule has 0 atom stereocenters. The zero-order valence-electron chi connectivity index (χ0n) is 10.6. The molecule has 0 aromatic carbocycles. The van der Waals surface area contributed by atoms with Crippen LogP contribution in [0.5, 0.6) is 0 Å². The summed E-state index contributed by atoms with van der Waals surface area (Å²) in [5, 5.41) is 7.70. The van der Waals surface area contributed by atoms with Crippen LogP contribution in [-0.4, -0.2) is 50.9 Å². The number of hydrogen-bond acceptors (Lipinski definition) is 6. The van der Waals surface area contributed by atoms with Crippen LogP contribution in [-0.2, 0) is 4.74 Å². The average molecular weight is 272 g/mol. The van der Waals surface area contributed by atoms with Crippen LogP contribution in [0.3, 0.4) is 0 Å². The van der Waals surface area contributed by atoms with Crippen molar-refractivity contribution in [2.45, 2.75) is 0 Å². The Balaban J connectivity index is 1.90.